The van der Waals surface area contributed by atoms with E-state index in [0.29, 0.717) is 0 Å². The second kappa shape index (κ2) is 2.37. The Balaban J connectivity index is 2.85. The minimum absolute atomic E-state index is 0.245. The van der Waals surface area contributed by atoms with Gasteiger partial charge in [-0.3, -0.25) is 0 Å². The van der Waals surface area contributed by atoms with Gasteiger partial charge in [0.1, 0.15) is 0 Å². The summed E-state index contributed by atoms with van der Waals surface area (Å²) in [5, 5.41) is 0. The van der Waals surface area contributed by atoms with Gasteiger partial charge in [-0.1, -0.05) is 0 Å². The molecule has 4 heteroatoms. The van der Waals surface area contributed by atoms with Gasteiger partial charge in [-0.05, 0) is 0 Å². The predicted octanol–water partition coefficient (Wildman–Crippen LogP) is -1.16. The van der Waals surface area contributed by atoms with E-state index in [-0.39, 0.29) is 4.64 Å². The van der Waals surface area contributed by atoms with Crippen molar-refractivity contribution in [2.24, 2.45) is 0 Å². The molecule has 0 fully saturated rings. The summed E-state index contributed by atoms with van der Waals surface area (Å²) in [5.41, 5.74) is 0. The molecule has 0 N–H and O–H groups in total. The molecule has 0 heterocycles. The van der Waals surface area contributed by atoms with Gasteiger partial charge in [0.15, 0.2) is 0 Å². The molecule has 0 unspecified atom stereocenters. The van der Waals surface area contributed by atoms with Gasteiger partial charge in [0.25, 0.3) is 0 Å². The fourth-order valence-electron chi connectivity index (χ4n) is 0. The summed E-state index contributed by atoms with van der Waals surface area (Å²) < 4.78 is 3.87. The number of rotatable bonds is 0. The van der Waals surface area contributed by atoms with E-state index < -0.39 is 0 Å². The maximum absolute atomic E-state index is 9.59. The summed E-state index contributed by atoms with van der Waals surface area (Å²) >= 11 is 1.36. The van der Waals surface area contributed by atoms with Gasteiger partial charge in [0.05, 0.1) is 0 Å². The summed E-state index contributed by atoms with van der Waals surface area (Å²) in [6.45, 7) is 0. The molecule has 0 saturated carbocycles. The average Bonchev–Trinajstić information content (AvgIpc) is 1.38. The third-order valence-corrected chi connectivity index (χ3v) is 0.287. The monoisotopic (exact) mass is 64.0 g/mol. The minimum atomic E-state index is -0.245. The first-order valence-corrected chi connectivity index (χ1v) is 1.32. The van der Waals surface area contributed by atoms with Gasteiger partial charge in [-0.2, -0.15) is 0 Å². The summed E-state index contributed by atoms with van der Waals surface area (Å²) in [7, 11) is 1.35. The van der Waals surface area contributed by atoms with Gasteiger partial charge in [0, 0.05) is 0 Å². The van der Waals surface area contributed by atoms with Gasteiger partial charge < -0.3 is 0 Å². The first kappa shape index (κ1) is 5.13. The quantitative estimate of drug-likeness (QED) is 0.332. The van der Waals surface area contributed by atoms with Gasteiger partial charge in [-0.25, -0.2) is 0 Å². The Hall–Kier alpha value is 0.132. The third kappa shape index (κ3) is 4.13. The number of carbonyl (C=O) groups is 1. The zero-order valence-corrected chi connectivity index (χ0v) is 3.32. The number of hydrogen-bond donors (Lipinski definition) is 0. The van der Waals surface area contributed by atoms with Crippen molar-refractivity contribution < 1.29 is 9.45 Å². The molecule has 22 valence electrons. The molecule has 0 saturated heterocycles. The van der Waals surface area contributed by atoms with E-state index in [2.05, 4.69) is 4.65 Å². The Morgan fingerprint density at radius 2 is 2.20 bits per heavy atom. The molecule has 0 rings (SSSR count). The summed E-state index contributed by atoms with van der Waals surface area (Å²) in [6, 6.07) is 0. The van der Waals surface area contributed by atoms with Crippen molar-refractivity contribution in [1.82, 2.24) is 0 Å². The fourth-order valence-corrected chi connectivity index (χ4v) is 0. The van der Waals surface area contributed by atoms with Crippen LogP contribution in [0.1, 0.15) is 0 Å². The van der Waals surface area contributed by atoms with Crippen LogP contribution in [0.4, 0.5) is 4.79 Å². The third-order valence-electron chi connectivity index (χ3n) is 0.287. The van der Waals surface area contributed by atoms with Crippen molar-refractivity contribution >= 4 is 30.4 Å². The van der Waals surface area contributed by atoms with Crippen LogP contribution in [-0.2, 0) is 4.65 Å². The molecule has 0 aliphatic carbocycles. The van der Waals surface area contributed by atoms with E-state index >= 15 is 0 Å². The van der Waals surface area contributed by atoms with Crippen molar-refractivity contribution in [3.05, 3.63) is 0 Å². The van der Waals surface area contributed by atoms with Crippen molar-refractivity contribution in [2.75, 3.05) is 0 Å². The Labute approximate surface area is 40.5 Å². The number of hydrogen-bond acceptors (Lipinski definition) is 2. The molecule has 0 aromatic carbocycles. The van der Waals surface area contributed by atoms with Crippen LogP contribution in [0.5, 0.6) is 0 Å². The van der Waals surface area contributed by atoms with Crippen LogP contribution in [-0.4, -0.2) is 30.4 Å². The van der Waals surface area contributed by atoms with E-state index in [1.165, 1.54) is 25.8 Å². The molecule has 2 nitrogen and oxygen atoms in total. The van der Waals surface area contributed by atoms with Gasteiger partial charge in [0.2, 0.25) is 0 Å². The standard InChI is InChI=1S/CH2BO2.Li/c2-4-1-3;/h2H2;. The molecule has 0 aromatic rings. The average molecular weight is 63.8 g/mol. The van der Waals surface area contributed by atoms with Crippen molar-refractivity contribution in [1.29, 1.82) is 0 Å². The SMILES string of the molecule is [Li][C](=O)OB. The first-order valence-electron chi connectivity index (χ1n) is 1.32. The van der Waals surface area contributed by atoms with Crippen molar-refractivity contribution in [2.45, 2.75) is 0 Å². The Bertz CT molecular complexity index is 44.9. The molecule has 0 aliphatic rings. The molecule has 0 aliphatic heterocycles. The van der Waals surface area contributed by atoms with Crippen LogP contribution >= 0.6 is 0 Å². The van der Waals surface area contributed by atoms with Crippen LogP contribution in [0.15, 0.2) is 0 Å². The van der Waals surface area contributed by atoms with Crippen LogP contribution in [0, 0.1) is 0 Å². The van der Waals surface area contributed by atoms with Crippen LogP contribution in [0.25, 0.3) is 0 Å². The van der Waals surface area contributed by atoms with Gasteiger partial charge >= 0.3 is 39.9 Å². The molecule has 0 bridgehead atoms. The van der Waals surface area contributed by atoms with Gasteiger partial charge in [-0.15, -0.1) is 0 Å². The van der Waals surface area contributed by atoms with E-state index in [1.807, 2.05) is 0 Å². The molecule has 0 amide bonds. The Kier molecular flexibility index (Phi) is 2.44. The second-order valence-electron chi connectivity index (χ2n) is 0.696. The maximum atomic E-state index is 9.59. The molecule has 0 atom stereocenters. The van der Waals surface area contributed by atoms with E-state index in [0.717, 1.165) is 0 Å². The van der Waals surface area contributed by atoms with Crippen LogP contribution in [0.3, 0.4) is 0 Å². The Morgan fingerprint density at radius 1 is 2.00 bits per heavy atom. The zero-order chi connectivity index (χ0) is 4.28. The molecule has 0 radical (unpaired) electrons. The van der Waals surface area contributed by atoms with E-state index in [4.69, 9.17) is 0 Å². The topological polar surface area (TPSA) is 26.3 Å². The zero-order valence-electron chi connectivity index (χ0n) is 3.32. The van der Waals surface area contributed by atoms with Crippen molar-refractivity contribution in [3.63, 3.8) is 0 Å². The summed E-state index contributed by atoms with van der Waals surface area (Å²) in [4.78, 5) is 9.59. The molecule has 5 heavy (non-hydrogen) atoms. The van der Waals surface area contributed by atoms with Crippen molar-refractivity contribution in [3.8, 4) is 0 Å². The molecular weight excluding hydrogens is 61.8 g/mol. The summed E-state index contributed by atoms with van der Waals surface area (Å²) in [6.07, 6.45) is 0. The summed E-state index contributed by atoms with van der Waals surface area (Å²) in [5.74, 6) is 0. The first-order chi connectivity index (χ1) is 2.27. The fraction of sp³-hybridized carbons (Fsp3) is 0. The Morgan fingerprint density at radius 3 is 2.20 bits per heavy atom. The molecule has 0 spiro atoms. The van der Waals surface area contributed by atoms with E-state index in [9.17, 15) is 4.79 Å². The molecular formula is CH2BLiO2. The second-order valence-corrected chi connectivity index (χ2v) is 0.696. The predicted molar refractivity (Wildman–Crippen MR) is 20.8 cm³/mol. The number of carbonyl (C=O) groups excluding carboxylic acids is 1. The van der Waals surface area contributed by atoms with Crippen LogP contribution in [0.2, 0.25) is 0 Å². The normalized spacial score (nSPS) is 6.80. The molecule has 0 aromatic heterocycles. The van der Waals surface area contributed by atoms with E-state index in [1.54, 1.807) is 0 Å². The van der Waals surface area contributed by atoms with Crippen LogP contribution < -0.4 is 0 Å².